The summed E-state index contributed by atoms with van der Waals surface area (Å²) in [7, 11) is 0. The zero-order valence-electron chi connectivity index (χ0n) is 15.5. The molecule has 26 heavy (non-hydrogen) atoms. The zero-order chi connectivity index (χ0) is 18.4. The maximum absolute atomic E-state index is 12.2. The molecule has 0 spiro atoms. The lowest BCUT2D eigenvalue weighted by Crippen LogP contribution is -2.31. The van der Waals surface area contributed by atoms with Gasteiger partial charge in [-0.25, -0.2) is 0 Å². The molecule has 0 atom stereocenters. The third kappa shape index (κ3) is 5.26. The molecule has 0 aliphatic carbocycles. The Bertz CT molecular complexity index is 720. The summed E-state index contributed by atoms with van der Waals surface area (Å²) in [5.41, 5.74) is 4.16. The smallest absolute Gasteiger partial charge is 0.262 e. The van der Waals surface area contributed by atoms with Crippen molar-refractivity contribution in [1.29, 1.82) is 0 Å². The first kappa shape index (κ1) is 18.8. The minimum absolute atomic E-state index is 0.0128. The Labute approximate surface area is 159 Å². The highest BCUT2D eigenvalue weighted by Crippen LogP contribution is 2.22. The minimum atomic E-state index is -0.145. The Morgan fingerprint density at radius 3 is 2.38 bits per heavy atom. The van der Waals surface area contributed by atoms with Crippen molar-refractivity contribution >= 4 is 23.4 Å². The second-order valence-electron chi connectivity index (χ2n) is 6.64. The molecule has 3 rings (SSSR count). The van der Waals surface area contributed by atoms with Gasteiger partial charge in [-0.1, -0.05) is 30.3 Å². The summed E-state index contributed by atoms with van der Waals surface area (Å²) in [5, 5.41) is 2.90. The van der Waals surface area contributed by atoms with E-state index in [4.69, 9.17) is 4.74 Å². The molecule has 4 nitrogen and oxygen atoms in total. The van der Waals surface area contributed by atoms with Crippen LogP contribution in [-0.2, 0) is 11.3 Å². The second kappa shape index (κ2) is 9.10. The van der Waals surface area contributed by atoms with Crippen LogP contribution in [0.5, 0.6) is 5.75 Å². The normalized spacial score (nSPS) is 14.8. The van der Waals surface area contributed by atoms with Crippen LogP contribution in [0, 0.1) is 13.8 Å². The van der Waals surface area contributed by atoms with Crippen molar-refractivity contribution < 1.29 is 9.53 Å². The molecule has 1 aliphatic heterocycles. The highest BCUT2D eigenvalue weighted by molar-refractivity contribution is 7.99. The van der Waals surface area contributed by atoms with E-state index in [-0.39, 0.29) is 12.5 Å². The lowest BCUT2D eigenvalue weighted by atomic mass is 10.1. The van der Waals surface area contributed by atoms with Crippen molar-refractivity contribution in [2.75, 3.05) is 36.5 Å². The first-order valence-electron chi connectivity index (χ1n) is 9.00. The third-order valence-electron chi connectivity index (χ3n) is 4.50. The minimum Gasteiger partial charge on any atom is -0.483 e. The van der Waals surface area contributed by atoms with Crippen LogP contribution >= 0.6 is 11.8 Å². The standard InChI is InChI=1S/C21H26N2O2S/c1-16-4-3-5-17(2)21(16)25-15-20(24)22-19-8-6-18(7-9-19)14-23-10-12-26-13-11-23/h3-9H,10-15H2,1-2H3,(H,22,24). The van der Waals surface area contributed by atoms with E-state index in [2.05, 4.69) is 22.3 Å². The molecule has 138 valence electrons. The third-order valence-corrected chi connectivity index (χ3v) is 5.45. The van der Waals surface area contributed by atoms with Crippen LogP contribution in [-0.4, -0.2) is 42.0 Å². The summed E-state index contributed by atoms with van der Waals surface area (Å²) >= 11 is 2.02. The van der Waals surface area contributed by atoms with E-state index in [0.29, 0.717) is 0 Å². The van der Waals surface area contributed by atoms with Gasteiger partial charge in [0.05, 0.1) is 0 Å². The molecule has 0 bridgehead atoms. The van der Waals surface area contributed by atoms with Crippen molar-refractivity contribution in [2.24, 2.45) is 0 Å². The topological polar surface area (TPSA) is 41.6 Å². The lowest BCUT2D eigenvalue weighted by molar-refractivity contribution is -0.118. The summed E-state index contributed by atoms with van der Waals surface area (Å²) in [6, 6.07) is 14.1. The molecule has 1 fully saturated rings. The van der Waals surface area contributed by atoms with Gasteiger partial charge >= 0.3 is 0 Å². The van der Waals surface area contributed by atoms with Crippen LogP contribution in [0.3, 0.4) is 0 Å². The fourth-order valence-corrected chi connectivity index (χ4v) is 4.05. The summed E-state index contributed by atoms with van der Waals surface area (Å²) in [6.07, 6.45) is 0. The van der Waals surface area contributed by atoms with E-state index in [1.807, 2.05) is 55.9 Å². The summed E-state index contributed by atoms with van der Waals surface area (Å²) in [4.78, 5) is 14.6. The number of nitrogens with one attached hydrogen (secondary N) is 1. The van der Waals surface area contributed by atoms with E-state index < -0.39 is 0 Å². The molecule has 0 aromatic heterocycles. The molecule has 1 heterocycles. The first-order chi connectivity index (χ1) is 12.6. The van der Waals surface area contributed by atoms with Crippen molar-refractivity contribution in [1.82, 2.24) is 4.90 Å². The number of nitrogens with zero attached hydrogens (tertiary/aromatic N) is 1. The Hall–Kier alpha value is -1.98. The number of benzene rings is 2. The van der Waals surface area contributed by atoms with E-state index in [0.717, 1.165) is 42.2 Å². The van der Waals surface area contributed by atoms with Crippen LogP contribution in [0.1, 0.15) is 16.7 Å². The number of amides is 1. The van der Waals surface area contributed by atoms with Gasteiger partial charge in [-0.2, -0.15) is 11.8 Å². The SMILES string of the molecule is Cc1cccc(C)c1OCC(=O)Nc1ccc(CN2CCSCC2)cc1. The number of carbonyl (C=O) groups is 1. The van der Waals surface area contributed by atoms with E-state index in [1.54, 1.807) is 0 Å². The zero-order valence-corrected chi connectivity index (χ0v) is 16.3. The van der Waals surface area contributed by atoms with Crippen LogP contribution in [0.4, 0.5) is 5.69 Å². The van der Waals surface area contributed by atoms with Crippen LogP contribution in [0.2, 0.25) is 0 Å². The molecule has 5 heteroatoms. The first-order valence-corrected chi connectivity index (χ1v) is 10.2. The predicted octanol–water partition coefficient (Wildman–Crippen LogP) is 3.87. The summed E-state index contributed by atoms with van der Waals surface area (Å²) < 4.78 is 5.71. The number of ether oxygens (including phenoxy) is 1. The number of thioether (sulfide) groups is 1. The number of anilines is 1. The van der Waals surface area contributed by atoms with E-state index in [1.165, 1.54) is 17.1 Å². The average Bonchev–Trinajstić information content (AvgIpc) is 2.64. The van der Waals surface area contributed by atoms with Crippen molar-refractivity contribution in [3.63, 3.8) is 0 Å². The molecular weight excluding hydrogens is 344 g/mol. The number of hydrogen-bond donors (Lipinski definition) is 1. The van der Waals surface area contributed by atoms with Gasteiger partial charge in [-0.05, 0) is 42.7 Å². The van der Waals surface area contributed by atoms with Gasteiger partial charge in [0, 0.05) is 36.8 Å². The van der Waals surface area contributed by atoms with Crippen molar-refractivity contribution in [2.45, 2.75) is 20.4 Å². The van der Waals surface area contributed by atoms with Crippen LogP contribution in [0.15, 0.2) is 42.5 Å². The number of carbonyl (C=O) groups excluding carboxylic acids is 1. The van der Waals surface area contributed by atoms with E-state index >= 15 is 0 Å². The van der Waals surface area contributed by atoms with Gasteiger partial charge < -0.3 is 10.1 Å². The summed E-state index contributed by atoms with van der Waals surface area (Å²) in [6.45, 7) is 7.26. The molecular formula is C21H26N2O2S. The maximum Gasteiger partial charge on any atom is 0.262 e. The van der Waals surface area contributed by atoms with Gasteiger partial charge in [0.2, 0.25) is 0 Å². The average molecular weight is 371 g/mol. The predicted molar refractivity (Wildman–Crippen MR) is 109 cm³/mol. The largest absolute Gasteiger partial charge is 0.483 e. The molecule has 1 saturated heterocycles. The molecule has 1 N–H and O–H groups in total. The molecule has 1 amide bonds. The quantitative estimate of drug-likeness (QED) is 0.838. The Balaban J connectivity index is 1.49. The summed E-state index contributed by atoms with van der Waals surface area (Å²) in [5.74, 6) is 3.08. The number of aryl methyl sites for hydroxylation is 2. The van der Waals surface area contributed by atoms with Gasteiger partial charge in [0.1, 0.15) is 5.75 Å². The number of hydrogen-bond acceptors (Lipinski definition) is 4. The van der Waals surface area contributed by atoms with Crippen molar-refractivity contribution in [3.05, 3.63) is 59.2 Å². The van der Waals surface area contributed by atoms with Crippen LogP contribution in [0.25, 0.3) is 0 Å². The van der Waals surface area contributed by atoms with Gasteiger partial charge in [-0.15, -0.1) is 0 Å². The fourth-order valence-electron chi connectivity index (χ4n) is 3.07. The molecule has 0 saturated carbocycles. The number of para-hydroxylation sites is 1. The monoisotopic (exact) mass is 370 g/mol. The van der Waals surface area contributed by atoms with Crippen LogP contribution < -0.4 is 10.1 Å². The molecule has 2 aromatic carbocycles. The van der Waals surface area contributed by atoms with Gasteiger partial charge in [0.25, 0.3) is 5.91 Å². The number of rotatable bonds is 6. The molecule has 0 radical (unpaired) electrons. The fraction of sp³-hybridized carbons (Fsp3) is 0.381. The maximum atomic E-state index is 12.2. The van der Waals surface area contributed by atoms with Gasteiger partial charge in [-0.3, -0.25) is 9.69 Å². The molecule has 2 aromatic rings. The van der Waals surface area contributed by atoms with E-state index in [9.17, 15) is 4.79 Å². The highest BCUT2D eigenvalue weighted by atomic mass is 32.2. The van der Waals surface area contributed by atoms with Gasteiger partial charge in [0.15, 0.2) is 6.61 Å². The molecule has 1 aliphatic rings. The Morgan fingerprint density at radius 1 is 1.08 bits per heavy atom. The van der Waals surface area contributed by atoms with Crippen molar-refractivity contribution in [3.8, 4) is 5.75 Å². The second-order valence-corrected chi connectivity index (χ2v) is 7.87. The molecule has 0 unspecified atom stereocenters. The highest BCUT2D eigenvalue weighted by Gasteiger charge is 2.11. The lowest BCUT2D eigenvalue weighted by Gasteiger charge is -2.26. The Kier molecular flexibility index (Phi) is 6.58. The Morgan fingerprint density at radius 2 is 1.73 bits per heavy atom.